The van der Waals surface area contributed by atoms with Crippen LogP contribution in [-0.4, -0.2) is 25.7 Å². The van der Waals surface area contributed by atoms with Gasteiger partial charge in [0.1, 0.15) is 6.10 Å². The number of unbranched alkanes of at least 4 members (excludes halogenated alkanes) is 2. The van der Waals surface area contributed by atoms with Crippen molar-refractivity contribution >= 4 is 40.8 Å². The van der Waals surface area contributed by atoms with E-state index in [0.29, 0.717) is 19.4 Å². The van der Waals surface area contributed by atoms with Crippen molar-refractivity contribution in [3.05, 3.63) is 50.4 Å². The number of hydrogen-bond acceptors (Lipinski definition) is 6. The van der Waals surface area contributed by atoms with Crippen LogP contribution >= 0.6 is 22.7 Å². The summed E-state index contributed by atoms with van der Waals surface area (Å²) in [5.74, 6) is -0.200. The number of carbonyl (C=O) groups excluding carboxylic acids is 2. The van der Waals surface area contributed by atoms with Crippen LogP contribution in [0.5, 0.6) is 0 Å². The molecule has 0 saturated heterocycles. The molecular formula is C21H27NO4S2. The molecule has 0 radical (unpaired) electrons. The van der Waals surface area contributed by atoms with E-state index in [4.69, 9.17) is 4.74 Å². The molecule has 1 amide bonds. The lowest BCUT2D eigenvalue weighted by Gasteiger charge is -2.18. The summed E-state index contributed by atoms with van der Waals surface area (Å²) in [7, 11) is 1.39. The van der Waals surface area contributed by atoms with Crippen LogP contribution < -0.4 is 5.32 Å². The lowest BCUT2D eigenvalue weighted by atomic mass is 10.1. The third kappa shape index (κ3) is 6.80. The predicted octanol–water partition coefficient (Wildman–Crippen LogP) is 5.50. The maximum atomic E-state index is 12.3. The number of rotatable bonds is 11. The quantitative estimate of drug-likeness (QED) is 0.384. The summed E-state index contributed by atoms with van der Waals surface area (Å²) in [6.07, 6.45) is 4.52. The molecule has 5 nitrogen and oxygen atoms in total. The lowest BCUT2D eigenvalue weighted by Crippen LogP contribution is -2.27. The van der Waals surface area contributed by atoms with Crippen molar-refractivity contribution < 1.29 is 19.1 Å². The van der Waals surface area contributed by atoms with Crippen molar-refractivity contribution in [2.24, 2.45) is 0 Å². The SMILES string of the molecule is C=Cc1sccc1CC(OC(=O)NCCCCCC(=O)OC)c1sccc1C. The first-order valence-corrected chi connectivity index (χ1v) is 11.0. The highest BCUT2D eigenvalue weighted by Gasteiger charge is 2.21. The van der Waals surface area contributed by atoms with Gasteiger partial charge < -0.3 is 14.8 Å². The fourth-order valence-corrected chi connectivity index (χ4v) is 4.57. The molecule has 0 aliphatic rings. The smallest absolute Gasteiger partial charge is 0.407 e. The number of esters is 1. The third-order valence-corrected chi connectivity index (χ3v) is 6.44. The zero-order chi connectivity index (χ0) is 20.4. The van der Waals surface area contributed by atoms with Gasteiger partial charge in [-0.2, -0.15) is 0 Å². The normalized spacial score (nSPS) is 11.6. The number of aryl methyl sites for hydroxylation is 1. The van der Waals surface area contributed by atoms with Crippen LogP contribution in [0.1, 0.15) is 52.7 Å². The number of carbonyl (C=O) groups is 2. The highest BCUT2D eigenvalue weighted by atomic mass is 32.1. The predicted molar refractivity (Wildman–Crippen MR) is 115 cm³/mol. The van der Waals surface area contributed by atoms with E-state index in [-0.39, 0.29) is 12.1 Å². The number of hydrogen-bond donors (Lipinski definition) is 1. The number of nitrogens with one attached hydrogen (secondary N) is 1. The zero-order valence-electron chi connectivity index (χ0n) is 16.4. The molecule has 0 aliphatic carbocycles. The Morgan fingerprint density at radius 3 is 2.68 bits per heavy atom. The molecule has 1 N–H and O–H groups in total. The molecule has 28 heavy (non-hydrogen) atoms. The van der Waals surface area contributed by atoms with E-state index in [9.17, 15) is 9.59 Å². The van der Waals surface area contributed by atoms with Gasteiger partial charge in [-0.1, -0.05) is 19.1 Å². The molecule has 2 heterocycles. The average molecular weight is 422 g/mol. The molecule has 152 valence electrons. The maximum Gasteiger partial charge on any atom is 0.407 e. The first-order valence-electron chi connectivity index (χ1n) is 9.29. The Morgan fingerprint density at radius 1 is 1.21 bits per heavy atom. The van der Waals surface area contributed by atoms with Crippen LogP contribution in [0.4, 0.5) is 4.79 Å². The largest absolute Gasteiger partial charge is 0.469 e. The lowest BCUT2D eigenvalue weighted by molar-refractivity contribution is -0.140. The molecule has 1 unspecified atom stereocenters. The fraction of sp³-hybridized carbons (Fsp3) is 0.429. The Kier molecular flexibility index (Phi) is 9.23. The summed E-state index contributed by atoms with van der Waals surface area (Å²) < 4.78 is 10.4. The summed E-state index contributed by atoms with van der Waals surface area (Å²) in [5, 5.41) is 6.86. The van der Waals surface area contributed by atoms with E-state index in [2.05, 4.69) is 22.7 Å². The highest BCUT2D eigenvalue weighted by molar-refractivity contribution is 7.11. The second-order valence-corrected chi connectivity index (χ2v) is 8.29. The molecule has 2 rings (SSSR count). The van der Waals surface area contributed by atoms with Gasteiger partial charge in [-0.05, 0) is 53.8 Å². The van der Waals surface area contributed by atoms with Gasteiger partial charge in [-0.3, -0.25) is 4.79 Å². The van der Waals surface area contributed by atoms with Crippen molar-refractivity contribution in [1.29, 1.82) is 0 Å². The summed E-state index contributed by atoms with van der Waals surface area (Å²) >= 11 is 3.24. The molecule has 0 aromatic carbocycles. The van der Waals surface area contributed by atoms with Gasteiger partial charge in [-0.25, -0.2) is 4.79 Å². The molecule has 2 aromatic heterocycles. The van der Waals surface area contributed by atoms with Gasteiger partial charge in [0.15, 0.2) is 0 Å². The number of alkyl carbamates (subject to hydrolysis) is 1. The monoisotopic (exact) mass is 421 g/mol. The van der Waals surface area contributed by atoms with Crippen LogP contribution in [-0.2, 0) is 20.7 Å². The highest BCUT2D eigenvalue weighted by Crippen LogP contribution is 2.32. The minimum atomic E-state index is -0.416. The van der Waals surface area contributed by atoms with Crippen molar-refractivity contribution in [1.82, 2.24) is 5.32 Å². The van der Waals surface area contributed by atoms with Crippen LogP contribution in [0.15, 0.2) is 29.5 Å². The van der Waals surface area contributed by atoms with Crippen molar-refractivity contribution in [3.8, 4) is 0 Å². The second kappa shape index (κ2) is 11.7. The van der Waals surface area contributed by atoms with E-state index in [0.717, 1.165) is 40.1 Å². The number of amides is 1. The Balaban J connectivity index is 1.86. The van der Waals surface area contributed by atoms with Gasteiger partial charge in [0.2, 0.25) is 0 Å². The van der Waals surface area contributed by atoms with Crippen LogP contribution in [0.2, 0.25) is 0 Å². The van der Waals surface area contributed by atoms with Crippen molar-refractivity contribution in [3.63, 3.8) is 0 Å². The average Bonchev–Trinajstić information content (AvgIpc) is 3.32. The summed E-state index contributed by atoms with van der Waals surface area (Å²) in [6.45, 7) is 6.41. The Hall–Kier alpha value is -2.12. The Morgan fingerprint density at radius 2 is 2.00 bits per heavy atom. The maximum absolute atomic E-state index is 12.3. The Bertz CT molecular complexity index is 781. The van der Waals surface area contributed by atoms with Gasteiger partial charge in [0.25, 0.3) is 0 Å². The topological polar surface area (TPSA) is 64.6 Å². The van der Waals surface area contributed by atoms with E-state index >= 15 is 0 Å². The minimum Gasteiger partial charge on any atom is -0.469 e. The first-order chi connectivity index (χ1) is 13.5. The standard InChI is InChI=1S/C21H27NO4S2/c1-4-18-16(10-13-27-18)14-17(20-15(2)9-12-28-20)26-21(24)22-11-7-5-6-8-19(23)25-3/h4,9-10,12-13,17H,1,5-8,11,14H2,2-3H3,(H,22,24). The number of thiophene rings is 2. The number of ether oxygens (including phenoxy) is 2. The van der Waals surface area contributed by atoms with Crippen LogP contribution in [0.25, 0.3) is 6.08 Å². The van der Waals surface area contributed by atoms with E-state index < -0.39 is 6.09 Å². The number of methoxy groups -OCH3 is 1. The molecule has 2 aromatic rings. The zero-order valence-corrected chi connectivity index (χ0v) is 18.0. The molecular weight excluding hydrogens is 394 g/mol. The van der Waals surface area contributed by atoms with Crippen LogP contribution in [0, 0.1) is 6.92 Å². The van der Waals surface area contributed by atoms with E-state index in [1.54, 1.807) is 22.7 Å². The third-order valence-electron chi connectivity index (χ3n) is 4.37. The minimum absolute atomic E-state index is 0.200. The molecule has 0 fully saturated rings. The molecule has 1 atom stereocenters. The van der Waals surface area contributed by atoms with Gasteiger partial charge in [0.05, 0.1) is 7.11 Å². The van der Waals surface area contributed by atoms with Crippen molar-refractivity contribution in [2.45, 2.75) is 45.1 Å². The first kappa shape index (κ1) is 22.2. The van der Waals surface area contributed by atoms with Crippen LogP contribution in [0.3, 0.4) is 0 Å². The second-order valence-electron chi connectivity index (χ2n) is 6.39. The Labute approximate surface area is 174 Å². The molecule has 0 aliphatic heterocycles. The summed E-state index contributed by atoms with van der Waals surface area (Å²) in [4.78, 5) is 25.6. The van der Waals surface area contributed by atoms with Gasteiger partial charge in [-0.15, -0.1) is 22.7 Å². The van der Waals surface area contributed by atoms with E-state index in [1.165, 1.54) is 7.11 Å². The molecule has 7 heteroatoms. The summed E-state index contributed by atoms with van der Waals surface area (Å²) in [6, 6.07) is 4.10. The molecule has 0 bridgehead atoms. The molecule has 0 spiro atoms. The molecule has 0 saturated carbocycles. The van der Waals surface area contributed by atoms with Crippen molar-refractivity contribution in [2.75, 3.05) is 13.7 Å². The van der Waals surface area contributed by atoms with Gasteiger partial charge >= 0.3 is 12.1 Å². The van der Waals surface area contributed by atoms with Gasteiger partial charge in [0, 0.05) is 29.1 Å². The fourth-order valence-electron chi connectivity index (χ4n) is 2.83. The van der Waals surface area contributed by atoms with E-state index in [1.807, 2.05) is 29.8 Å². The summed E-state index contributed by atoms with van der Waals surface area (Å²) in [5.41, 5.74) is 2.26.